The van der Waals surface area contributed by atoms with Crippen molar-refractivity contribution in [1.82, 2.24) is 20.2 Å². The van der Waals surface area contributed by atoms with Crippen molar-refractivity contribution in [3.05, 3.63) is 30.6 Å². The summed E-state index contributed by atoms with van der Waals surface area (Å²) in [6.07, 6.45) is 1.38. The number of carbonyl (C=O) groups is 1. The second-order valence-electron chi connectivity index (χ2n) is 3.48. The molecule has 2 rings (SSSR count). The van der Waals surface area contributed by atoms with Gasteiger partial charge in [0.25, 0.3) is 0 Å². The molecule has 0 bridgehead atoms. The molecule has 94 valence electrons. The number of anilines is 1. The fraction of sp³-hybridized carbons (Fsp3) is 0.273. The van der Waals surface area contributed by atoms with Gasteiger partial charge in [-0.2, -0.15) is 0 Å². The second-order valence-corrected chi connectivity index (χ2v) is 3.48. The Morgan fingerprint density at radius 1 is 1.44 bits per heavy atom. The number of ether oxygens (including phenoxy) is 1. The van der Waals surface area contributed by atoms with E-state index in [9.17, 15) is 4.79 Å². The summed E-state index contributed by atoms with van der Waals surface area (Å²) >= 11 is 0. The summed E-state index contributed by atoms with van der Waals surface area (Å²) in [5.41, 5.74) is 0.637. The summed E-state index contributed by atoms with van der Waals surface area (Å²) in [5, 5.41) is 13.3. The molecule has 1 aromatic carbocycles. The molecule has 1 N–H and O–H groups in total. The van der Waals surface area contributed by atoms with Crippen LogP contribution in [0.5, 0.6) is 5.75 Å². The highest BCUT2D eigenvalue weighted by Crippen LogP contribution is 2.23. The number of rotatable bonds is 5. The van der Waals surface area contributed by atoms with Crippen LogP contribution in [0.1, 0.15) is 6.92 Å². The molecule has 1 aromatic heterocycles. The van der Waals surface area contributed by atoms with Crippen LogP contribution in [0.25, 0.3) is 0 Å². The highest BCUT2D eigenvalue weighted by molar-refractivity contribution is 5.92. The number of para-hydroxylation sites is 2. The van der Waals surface area contributed by atoms with Gasteiger partial charge in [0.05, 0.1) is 12.3 Å². The van der Waals surface area contributed by atoms with E-state index < -0.39 is 0 Å². The van der Waals surface area contributed by atoms with E-state index in [1.807, 2.05) is 19.1 Å². The van der Waals surface area contributed by atoms with Crippen LogP contribution < -0.4 is 10.1 Å². The Hall–Kier alpha value is -2.44. The average molecular weight is 247 g/mol. The van der Waals surface area contributed by atoms with Crippen LogP contribution in [-0.2, 0) is 11.3 Å². The standard InChI is InChI=1S/C11H13N5O2/c1-2-18-10-6-4-3-5-9(10)13-11(17)7-16-8-12-14-15-16/h3-6,8H,2,7H2,1H3,(H,13,17). The first kappa shape index (κ1) is 12.0. The first-order valence-corrected chi connectivity index (χ1v) is 5.52. The number of nitrogens with zero attached hydrogens (tertiary/aromatic N) is 4. The van der Waals surface area contributed by atoms with Crippen LogP contribution in [0.4, 0.5) is 5.69 Å². The first-order valence-electron chi connectivity index (χ1n) is 5.52. The molecule has 1 heterocycles. The Kier molecular flexibility index (Phi) is 3.85. The van der Waals surface area contributed by atoms with Gasteiger partial charge in [-0.3, -0.25) is 4.79 Å². The molecule has 0 aliphatic carbocycles. The average Bonchev–Trinajstić information content (AvgIpc) is 2.84. The molecule has 0 saturated heterocycles. The molecule has 0 aliphatic heterocycles. The highest BCUT2D eigenvalue weighted by Gasteiger charge is 2.08. The number of nitrogens with one attached hydrogen (secondary N) is 1. The maximum absolute atomic E-state index is 11.8. The van der Waals surface area contributed by atoms with Crippen molar-refractivity contribution in [1.29, 1.82) is 0 Å². The molecule has 0 radical (unpaired) electrons. The van der Waals surface area contributed by atoms with E-state index in [1.165, 1.54) is 11.0 Å². The molecular weight excluding hydrogens is 234 g/mol. The third-order valence-electron chi connectivity index (χ3n) is 2.16. The van der Waals surface area contributed by atoms with Crippen LogP contribution in [0.3, 0.4) is 0 Å². The predicted octanol–water partition coefficient (Wildman–Crippen LogP) is 0.710. The summed E-state index contributed by atoms with van der Waals surface area (Å²) < 4.78 is 6.76. The van der Waals surface area contributed by atoms with Crippen LogP contribution >= 0.6 is 0 Å². The van der Waals surface area contributed by atoms with Gasteiger partial charge in [-0.15, -0.1) is 5.10 Å². The fourth-order valence-electron chi connectivity index (χ4n) is 1.44. The van der Waals surface area contributed by atoms with Gasteiger partial charge in [-0.25, -0.2) is 4.68 Å². The highest BCUT2D eigenvalue weighted by atomic mass is 16.5. The molecule has 18 heavy (non-hydrogen) atoms. The second kappa shape index (κ2) is 5.76. The van der Waals surface area contributed by atoms with E-state index in [0.29, 0.717) is 18.0 Å². The van der Waals surface area contributed by atoms with Crippen LogP contribution in [0.15, 0.2) is 30.6 Å². The topological polar surface area (TPSA) is 81.9 Å². The van der Waals surface area contributed by atoms with Gasteiger partial charge in [0.1, 0.15) is 18.6 Å². The minimum absolute atomic E-state index is 0.0630. The summed E-state index contributed by atoms with van der Waals surface area (Å²) in [7, 11) is 0. The summed E-state index contributed by atoms with van der Waals surface area (Å²) in [4.78, 5) is 11.8. The lowest BCUT2D eigenvalue weighted by molar-refractivity contribution is -0.116. The Labute approximate surface area is 104 Å². The number of aromatic nitrogens is 4. The Bertz CT molecular complexity index is 512. The largest absolute Gasteiger partial charge is 0.492 e. The Morgan fingerprint density at radius 2 is 2.28 bits per heavy atom. The maximum Gasteiger partial charge on any atom is 0.246 e. The molecule has 1 amide bonds. The smallest absolute Gasteiger partial charge is 0.246 e. The van der Waals surface area contributed by atoms with Crippen LogP contribution in [-0.4, -0.2) is 32.7 Å². The zero-order valence-corrected chi connectivity index (χ0v) is 9.91. The minimum atomic E-state index is -0.213. The number of carbonyl (C=O) groups excluding carboxylic acids is 1. The van der Waals surface area contributed by atoms with Gasteiger partial charge < -0.3 is 10.1 Å². The quantitative estimate of drug-likeness (QED) is 0.841. The van der Waals surface area contributed by atoms with Crippen molar-refractivity contribution in [3.63, 3.8) is 0 Å². The van der Waals surface area contributed by atoms with Gasteiger partial charge >= 0.3 is 0 Å². The van der Waals surface area contributed by atoms with Crippen molar-refractivity contribution >= 4 is 11.6 Å². The molecule has 7 heteroatoms. The van der Waals surface area contributed by atoms with Gasteiger partial charge in [0.2, 0.25) is 5.91 Å². The maximum atomic E-state index is 11.8. The van der Waals surface area contributed by atoms with Crippen molar-refractivity contribution in [3.8, 4) is 5.75 Å². The molecule has 2 aromatic rings. The SMILES string of the molecule is CCOc1ccccc1NC(=O)Cn1cnnn1. The van der Waals surface area contributed by atoms with Gasteiger partial charge in [0, 0.05) is 0 Å². The van der Waals surface area contributed by atoms with E-state index in [2.05, 4.69) is 20.8 Å². The summed E-state index contributed by atoms with van der Waals surface area (Å²) in [6.45, 7) is 2.49. The number of hydrogen-bond acceptors (Lipinski definition) is 5. The molecule has 0 aliphatic rings. The minimum Gasteiger partial charge on any atom is -0.492 e. The van der Waals surface area contributed by atoms with E-state index in [0.717, 1.165) is 0 Å². The van der Waals surface area contributed by atoms with Gasteiger partial charge in [0.15, 0.2) is 0 Å². The molecule has 0 spiro atoms. The fourth-order valence-corrected chi connectivity index (χ4v) is 1.44. The summed E-state index contributed by atoms with van der Waals surface area (Å²) in [6, 6.07) is 7.26. The zero-order chi connectivity index (χ0) is 12.8. The van der Waals surface area contributed by atoms with Crippen molar-refractivity contribution in [2.75, 3.05) is 11.9 Å². The van der Waals surface area contributed by atoms with E-state index in [-0.39, 0.29) is 12.5 Å². The molecule has 0 atom stereocenters. The summed E-state index contributed by atoms with van der Waals surface area (Å²) in [5.74, 6) is 0.430. The molecule has 0 unspecified atom stereocenters. The van der Waals surface area contributed by atoms with E-state index in [1.54, 1.807) is 12.1 Å². The lowest BCUT2D eigenvalue weighted by atomic mass is 10.3. The number of amides is 1. The van der Waals surface area contributed by atoms with Crippen molar-refractivity contribution < 1.29 is 9.53 Å². The monoisotopic (exact) mass is 247 g/mol. The number of benzene rings is 1. The zero-order valence-electron chi connectivity index (χ0n) is 9.91. The third kappa shape index (κ3) is 3.03. The Morgan fingerprint density at radius 3 is 3.00 bits per heavy atom. The van der Waals surface area contributed by atoms with Crippen molar-refractivity contribution in [2.24, 2.45) is 0 Å². The molecule has 7 nitrogen and oxygen atoms in total. The lowest BCUT2D eigenvalue weighted by Crippen LogP contribution is -2.19. The first-order chi connectivity index (χ1) is 8.79. The van der Waals surface area contributed by atoms with Gasteiger partial charge in [-0.1, -0.05) is 12.1 Å². The van der Waals surface area contributed by atoms with Gasteiger partial charge in [-0.05, 0) is 29.5 Å². The Balaban J connectivity index is 2.02. The number of hydrogen-bond donors (Lipinski definition) is 1. The predicted molar refractivity (Wildman–Crippen MR) is 64.1 cm³/mol. The van der Waals surface area contributed by atoms with Crippen molar-refractivity contribution in [2.45, 2.75) is 13.5 Å². The van der Waals surface area contributed by atoms with Crippen LogP contribution in [0, 0.1) is 0 Å². The van der Waals surface area contributed by atoms with E-state index in [4.69, 9.17) is 4.74 Å². The van der Waals surface area contributed by atoms with Crippen LogP contribution in [0.2, 0.25) is 0 Å². The number of tetrazole rings is 1. The molecule has 0 saturated carbocycles. The molecule has 0 fully saturated rings. The molecular formula is C11H13N5O2. The lowest BCUT2D eigenvalue weighted by Gasteiger charge is -2.10. The normalized spacial score (nSPS) is 10.1. The third-order valence-corrected chi connectivity index (χ3v) is 2.16. The van der Waals surface area contributed by atoms with E-state index >= 15 is 0 Å².